The van der Waals surface area contributed by atoms with Crippen molar-refractivity contribution in [2.24, 2.45) is 0 Å². The Kier molecular flexibility index (Phi) is 3.49. The highest BCUT2D eigenvalue weighted by Gasteiger charge is 2.36. The fourth-order valence-corrected chi connectivity index (χ4v) is 1.71. The van der Waals surface area contributed by atoms with E-state index in [1.54, 1.807) is 0 Å². The molecule has 6 heteroatoms. The maximum Gasteiger partial charge on any atom is 0.433 e. The largest absolute Gasteiger partial charge is 0.433 e. The average Bonchev–Trinajstić information content (AvgIpc) is 2.15. The van der Waals surface area contributed by atoms with Crippen molar-refractivity contribution in [1.82, 2.24) is 4.98 Å². The summed E-state index contributed by atoms with van der Waals surface area (Å²) in [7, 11) is -1.35. The van der Waals surface area contributed by atoms with Gasteiger partial charge in [0.2, 0.25) is 0 Å². The molecule has 84 valence electrons. The fourth-order valence-electron chi connectivity index (χ4n) is 1.16. The lowest BCUT2D eigenvalue weighted by Gasteiger charge is -2.14. The Morgan fingerprint density at radius 2 is 2.07 bits per heavy atom. The first kappa shape index (κ1) is 12.2. The first-order valence-corrected chi connectivity index (χ1v) is 5.80. The van der Waals surface area contributed by atoms with E-state index in [-0.39, 0.29) is 5.56 Å². The molecule has 0 aliphatic heterocycles. The molecule has 0 aromatic carbocycles. The maximum atomic E-state index is 12.5. The number of hydrogen-bond acceptors (Lipinski definition) is 2. The second kappa shape index (κ2) is 4.30. The van der Waals surface area contributed by atoms with Crippen molar-refractivity contribution in [3.63, 3.8) is 0 Å². The summed E-state index contributed by atoms with van der Waals surface area (Å²) < 4.78 is 48.7. The quantitative estimate of drug-likeness (QED) is 0.791. The number of rotatable bonds is 2. The lowest BCUT2D eigenvalue weighted by molar-refractivity contribution is -0.141. The molecule has 0 bridgehead atoms. The smallest absolute Gasteiger partial charge is 0.259 e. The van der Waals surface area contributed by atoms with Crippen LogP contribution in [0.1, 0.15) is 23.4 Å². The van der Waals surface area contributed by atoms with Crippen LogP contribution in [0.5, 0.6) is 0 Å². The van der Waals surface area contributed by atoms with Gasteiger partial charge in [0, 0.05) is 23.3 Å². The van der Waals surface area contributed by atoms with Crippen LogP contribution in [-0.4, -0.2) is 15.4 Å². The van der Waals surface area contributed by atoms with Crippen LogP contribution in [0.2, 0.25) is 0 Å². The molecule has 0 saturated heterocycles. The zero-order chi connectivity index (χ0) is 11.6. The van der Waals surface area contributed by atoms with Crippen molar-refractivity contribution in [2.45, 2.75) is 18.3 Å². The molecule has 1 aromatic rings. The zero-order valence-corrected chi connectivity index (χ0v) is 9.02. The summed E-state index contributed by atoms with van der Waals surface area (Å²) in [5, 5.41) is -0.671. The molecule has 0 aliphatic carbocycles. The SMILES string of the molecule is CC(c1cccnc1C(F)(F)F)S(C)=O. The second-order valence-corrected chi connectivity index (χ2v) is 4.78. The monoisotopic (exact) mass is 237 g/mol. The molecule has 0 N–H and O–H groups in total. The van der Waals surface area contributed by atoms with Crippen LogP contribution in [0.3, 0.4) is 0 Å². The molecule has 0 radical (unpaired) electrons. The Morgan fingerprint density at radius 3 is 2.53 bits per heavy atom. The average molecular weight is 237 g/mol. The standard InChI is InChI=1S/C9H10F3NOS/c1-6(15(2)14)7-4-3-5-13-8(7)9(10,11)12/h3-6H,1-2H3. The minimum Gasteiger partial charge on any atom is -0.259 e. The van der Waals surface area contributed by atoms with Crippen LogP contribution >= 0.6 is 0 Å². The molecule has 15 heavy (non-hydrogen) atoms. The number of aromatic nitrogens is 1. The lowest BCUT2D eigenvalue weighted by Crippen LogP contribution is -2.14. The first-order chi connectivity index (χ1) is 6.84. The van der Waals surface area contributed by atoms with Crippen molar-refractivity contribution in [1.29, 1.82) is 0 Å². The zero-order valence-electron chi connectivity index (χ0n) is 8.21. The normalized spacial score (nSPS) is 16.1. The van der Waals surface area contributed by atoms with E-state index in [0.29, 0.717) is 0 Å². The first-order valence-electron chi connectivity index (χ1n) is 4.18. The van der Waals surface area contributed by atoms with E-state index in [4.69, 9.17) is 0 Å². The van der Waals surface area contributed by atoms with Gasteiger partial charge in [0.15, 0.2) is 0 Å². The molecule has 0 aliphatic rings. The summed E-state index contributed by atoms with van der Waals surface area (Å²) >= 11 is 0. The molecule has 1 heterocycles. The Bertz CT molecular complexity index is 378. The van der Waals surface area contributed by atoms with Gasteiger partial charge in [-0.1, -0.05) is 6.07 Å². The Hall–Kier alpha value is -0.910. The van der Waals surface area contributed by atoms with Gasteiger partial charge in [-0.3, -0.25) is 9.19 Å². The summed E-state index contributed by atoms with van der Waals surface area (Å²) in [6.07, 6.45) is -2.04. The molecule has 0 saturated carbocycles. The molecule has 0 spiro atoms. The van der Waals surface area contributed by atoms with Crippen molar-refractivity contribution in [3.05, 3.63) is 29.6 Å². The summed E-state index contributed by atoms with van der Waals surface area (Å²) in [6, 6.07) is 2.72. The van der Waals surface area contributed by atoms with Crippen LogP contribution in [0.15, 0.2) is 18.3 Å². The van der Waals surface area contributed by atoms with Crippen molar-refractivity contribution in [2.75, 3.05) is 6.26 Å². The molecule has 2 nitrogen and oxygen atoms in total. The number of pyridine rings is 1. The highest BCUT2D eigenvalue weighted by molar-refractivity contribution is 7.84. The van der Waals surface area contributed by atoms with Crippen molar-refractivity contribution >= 4 is 10.8 Å². The van der Waals surface area contributed by atoms with Gasteiger partial charge in [0.25, 0.3) is 0 Å². The minimum absolute atomic E-state index is 0.0224. The van der Waals surface area contributed by atoms with E-state index in [0.717, 1.165) is 6.20 Å². The van der Waals surface area contributed by atoms with Gasteiger partial charge in [-0.25, -0.2) is 0 Å². The topological polar surface area (TPSA) is 30.0 Å². The van der Waals surface area contributed by atoms with E-state index in [9.17, 15) is 17.4 Å². The predicted octanol–water partition coefficient (Wildman–Crippen LogP) is 2.54. The van der Waals surface area contributed by atoms with Crippen LogP contribution in [-0.2, 0) is 17.0 Å². The number of hydrogen-bond donors (Lipinski definition) is 0. The molecular weight excluding hydrogens is 227 g/mol. The van der Waals surface area contributed by atoms with Gasteiger partial charge in [-0.05, 0) is 18.6 Å². The van der Waals surface area contributed by atoms with Crippen LogP contribution < -0.4 is 0 Å². The lowest BCUT2D eigenvalue weighted by atomic mass is 10.1. The van der Waals surface area contributed by atoms with Gasteiger partial charge < -0.3 is 0 Å². The number of nitrogens with zero attached hydrogens (tertiary/aromatic N) is 1. The van der Waals surface area contributed by atoms with Crippen molar-refractivity contribution < 1.29 is 17.4 Å². The Balaban J connectivity index is 3.24. The molecule has 1 rings (SSSR count). The molecular formula is C9H10F3NOS. The van der Waals surface area contributed by atoms with Gasteiger partial charge in [0.05, 0.1) is 5.25 Å². The maximum absolute atomic E-state index is 12.5. The van der Waals surface area contributed by atoms with Crippen molar-refractivity contribution in [3.8, 4) is 0 Å². The molecule has 0 amide bonds. The summed E-state index contributed by atoms with van der Waals surface area (Å²) in [5.74, 6) is 0. The number of halogens is 3. The van der Waals surface area contributed by atoms with Gasteiger partial charge in [-0.15, -0.1) is 0 Å². The fraction of sp³-hybridized carbons (Fsp3) is 0.444. The minimum atomic E-state index is -4.50. The van der Waals surface area contributed by atoms with E-state index in [1.807, 2.05) is 0 Å². The predicted molar refractivity (Wildman–Crippen MR) is 51.7 cm³/mol. The Morgan fingerprint density at radius 1 is 1.47 bits per heavy atom. The highest BCUT2D eigenvalue weighted by atomic mass is 32.2. The summed E-state index contributed by atoms with van der Waals surface area (Å²) in [5.41, 5.74) is -0.974. The van der Waals surface area contributed by atoms with Gasteiger partial charge in [0.1, 0.15) is 5.69 Å². The number of alkyl halides is 3. The molecule has 1 aromatic heterocycles. The summed E-state index contributed by atoms with van der Waals surface area (Å²) in [6.45, 7) is 1.49. The highest BCUT2D eigenvalue weighted by Crippen LogP contribution is 2.34. The third-order valence-corrected chi connectivity index (χ3v) is 3.29. The van der Waals surface area contributed by atoms with E-state index in [2.05, 4.69) is 4.98 Å². The van der Waals surface area contributed by atoms with Crippen LogP contribution in [0.4, 0.5) is 13.2 Å². The van der Waals surface area contributed by atoms with E-state index in [1.165, 1.54) is 25.3 Å². The van der Waals surface area contributed by atoms with Gasteiger partial charge >= 0.3 is 6.18 Å². The van der Waals surface area contributed by atoms with E-state index >= 15 is 0 Å². The third kappa shape index (κ3) is 2.77. The third-order valence-electron chi connectivity index (χ3n) is 2.04. The molecule has 2 unspecified atom stereocenters. The van der Waals surface area contributed by atoms with Gasteiger partial charge in [-0.2, -0.15) is 13.2 Å². The second-order valence-electron chi connectivity index (χ2n) is 3.08. The summed E-state index contributed by atoms with van der Waals surface area (Å²) in [4.78, 5) is 3.29. The van der Waals surface area contributed by atoms with Crippen LogP contribution in [0.25, 0.3) is 0 Å². The molecule has 0 fully saturated rings. The molecule has 2 atom stereocenters. The van der Waals surface area contributed by atoms with E-state index < -0.39 is 27.9 Å². The van der Waals surface area contributed by atoms with Crippen LogP contribution in [0, 0.1) is 0 Å². The Labute approximate surface area is 88.0 Å².